The van der Waals surface area contributed by atoms with E-state index in [4.69, 9.17) is 9.47 Å². The van der Waals surface area contributed by atoms with Crippen molar-refractivity contribution in [3.8, 4) is 11.5 Å². The Morgan fingerprint density at radius 2 is 1.73 bits per heavy atom. The summed E-state index contributed by atoms with van der Waals surface area (Å²) in [7, 11) is 3.19. The molecule has 0 radical (unpaired) electrons. The van der Waals surface area contributed by atoms with E-state index < -0.39 is 0 Å². The zero-order valence-corrected chi connectivity index (χ0v) is 12.3. The van der Waals surface area contributed by atoms with Crippen molar-refractivity contribution in [1.82, 2.24) is 0 Å². The van der Waals surface area contributed by atoms with E-state index in [1.54, 1.807) is 26.5 Å². The predicted octanol–water partition coefficient (Wildman–Crippen LogP) is 3.11. The smallest absolute Gasteiger partial charge is 0.257 e. The Balaban J connectivity index is 1.90. The average Bonchev–Trinajstić information content (AvgIpc) is 2.87. The summed E-state index contributed by atoms with van der Waals surface area (Å²) in [5.41, 5.74) is 3.08. The van der Waals surface area contributed by atoms with Gasteiger partial charge in [0.1, 0.15) is 11.5 Å². The summed E-state index contributed by atoms with van der Waals surface area (Å²) in [6.45, 7) is 0. The van der Waals surface area contributed by atoms with Gasteiger partial charge in [0.05, 0.1) is 19.8 Å². The van der Waals surface area contributed by atoms with Crippen molar-refractivity contribution in [2.24, 2.45) is 0 Å². The van der Waals surface area contributed by atoms with Crippen LogP contribution in [-0.2, 0) is 4.79 Å². The second-order valence-electron chi connectivity index (χ2n) is 4.80. The molecule has 1 heterocycles. The molecule has 1 aliphatic rings. The molecule has 1 aliphatic heterocycles. The first-order valence-corrected chi connectivity index (χ1v) is 6.82. The first-order chi connectivity index (χ1) is 10.7. The predicted molar refractivity (Wildman–Crippen MR) is 86.2 cm³/mol. The van der Waals surface area contributed by atoms with Gasteiger partial charge in [0.2, 0.25) is 0 Å². The first kappa shape index (κ1) is 14.0. The van der Waals surface area contributed by atoms with Crippen LogP contribution in [0.15, 0.2) is 48.7 Å². The number of carbonyl (C=O) groups excluding carboxylic acids is 1. The highest BCUT2D eigenvalue weighted by Gasteiger charge is 2.23. The maximum atomic E-state index is 12.0. The lowest BCUT2D eigenvalue weighted by molar-refractivity contribution is -0.110. The van der Waals surface area contributed by atoms with Crippen LogP contribution >= 0.6 is 0 Å². The number of methoxy groups -OCH3 is 2. The second-order valence-corrected chi connectivity index (χ2v) is 4.80. The maximum absolute atomic E-state index is 12.0. The molecular weight excluding hydrogens is 280 g/mol. The van der Waals surface area contributed by atoms with Crippen LogP contribution in [0.25, 0.3) is 5.57 Å². The molecule has 0 aromatic heterocycles. The van der Waals surface area contributed by atoms with Gasteiger partial charge in [-0.1, -0.05) is 18.2 Å². The molecule has 3 rings (SSSR count). The average molecular weight is 296 g/mol. The zero-order valence-electron chi connectivity index (χ0n) is 12.3. The minimum atomic E-state index is -0.122. The SMILES string of the molecule is COc1cc(N/C=C2/C(=O)Nc3ccccc32)cc(OC)c1. The van der Waals surface area contributed by atoms with E-state index in [-0.39, 0.29) is 5.91 Å². The molecule has 0 aliphatic carbocycles. The Morgan fingerprint density at radius 1 is 1.05 bits per heavy atom. The van der Waals surface area contributed by atoms with Crippen molar-refractivity contribution in [2.45, 2.75) is 0 Å². The van der Waals surface area contributed by atoms with Crippen molar-refractivity contribution in [2.75, 3.05) is 24.9 Å². The van der Waals surface area contributed by atoms with Gasteiger partial charge in [0.15, 0.2) is 0 Å². The summed E-state index contributed by atoms with van der Waals surface area (Å²) in [6.07, 6.45) is 1.69. The van der Waals surface area contributed by atoms with Gasteiger partial charge >= 0.3 is 0 Å². The summed E-state index contributed by atoms with van der Waals surface area (Å²) in [5.74, 6) is 1.23. The Bertz CT molecular complexity index is 731. The van der Waals surface area contributed by atoms with Gasteiger partial charge in [-0.05, 0) is 6.07 Å². The van der Waals surface area contributed by atoms with Gasteiger partial charge in [0, 0.05) is 41.3 Å². The zero-order chi connectivity index (χ0) is 15.5. The Hall–Kier alpha value is -2.95. The molecule has 5 nitrogen and oxygen atoms in total. The number of carbonyl (C=O) groups is 1. The highest BCUT2D eigenvalue weighted by atomic mass is 16.5. The lowest BCUT2D eigenvalue weighted by Gasteiger charge is -2.08. The van der Waals surface area contributed by atoms with E-state index in [0.29, 0.717) is 17.1 Å². The van der Waals surface area contributed by atoms with Gasteiger partial charge in [-0.25, -0.2) is 0 Å². The van der Waals surface area contributed by atoms with Crippen molar-refractivity contribution in [3.63, 3.8) is 0 Å². The molecule has 2 aromatic rings. The largest absolute Gasteiger partial charge is 0.497 e. The summed E-state index contributed by atoms with van der Waals surface area (Å²) >= 11 is 0. The number of benzene rings is 2. The maximum Gasteiger partial charge on any atom is 0.257 e. The molecule has 0 saturated carbocycles. The topological polar surface area (TPSA) is 59.6 Å². The molecule has 112 valence electrons. The number of hydrogen-bond donors (Lipinski definition) is 2. The van der Waals surface area contributed by atoms with Crippen molar-refractivity contribution in [1.29, 1.82) is 0 Å². The molecule has 2 N–H and O–H groups in total. The van der Waals surface area contributed by atoms with Crippen LogP contribution in [0.3, 0.4) is 0 Å². The number of rotatable bonds is 4. The molecule has 0 unspecified atom stereocenters. The van der Waals surface area contributed by atoms with Gasteiger partial charge in [-0.2, -0.15) is 0 Å². The van der Waals surface area contributed by atoms with Crippen molar-refractivity contribution in [3.05, 3.63) is 54.2 Å². The van der Waals surface area contributed by atoms with E-state index >= 15 is 0 Å². The van der Waals surface area contributed by atoms with Gasteiger partial charge < -0.3 is 20.1 Å². The Labute approximate surface area is 128 Å². The lowest BCUT2D eigenvalue weighted by atomic mass is 10.1. The minimum absolute atomic E-state index is 0.122. The number of hydrogen-bond acceptors (Lipinski definition) is 4. The molecule has 0 spiro atoms. The molecular formula is C17H16N2O3. The molecule has 0 fully saturated rings. The third-order valence-electron chi connectivity index (χ3n) is 3.44. The summed E-state index contributed by atoms with van der Waals surface area (Å²) < 4.78 is 10.5. The van der Waals surface area contributed by atoms with Crippen LogP contribution in [0.5, 0.6) is 11.5 Å². The monoisotopic (exact) mass is 296 g/mol. The van der Waals surface area contributed by atoms with E-state index in [9.17, 15) is 4.79 Å². The highest BCUT2D eigenvalue weighted by Crippen LogP contribution is 2.32. The summed E-state index contributed by atoms with van der Waals surface area (Å²) in [4.78, 5) is 12.0. The fourth-order valence-corrected chi connectivity index (χ4v) is 2.33. The number of para-hydroxylation sites is 1. The van der Waals surface area contributed by atoms with Crippen LogP contribution in [0.2, 0.25) is 0 Å². The second kappa shape index (κ2) is 5.81. The van der Waals surface area contributed by atoms with Crippen molar-refractivity contribution < 1.29 is 14.3 Å². The van der Waals surface area contributed by atoms with E-state index in [0.717, 1.165) is 16.9 Å². The van der Waals surface area contributed by atoms with E-state index in [2.05, 4.69) is 10.6 Å². The number of amides is 1. The van der Waals surface area contributed by atoms with Crippen LogP contribution in [0.4, 0.5) is 11.4 Å². The van der Waals surface area contributed by atoms with Crippen molar-refractivity contribution >= 4 is 22.9 Å². The third-order valence-corrected chi connectivity index (χ3v) is 3.44. The van der Waals surface area contributed by atoms with Gasteiger partial charge in [-0.3, -0.25) is 4.79 Å². The standard InChI is InChI=1S/C17H16N2O3/c1-21-12-7-11(8-13(9-12)22-2)18-10-15-14-5-3-4-6-16(14)19-17(15)20/h3-10,18H,1-2H3,(H,19,20)/b15-10+. The first-order valence-electron chi connectivity index (χ1n) is 6.82. The summed E-state index contributed by atoms with van der Waals surface area (Å²) in [6, 6.07) is 13.0. The number of ether oxygens (including phenoxy) is 2. The molecule has 2 aromatic carbocycles. The highest BCUT2D eigenvalue weighted by molar-refractivity contribution is 6.31. The molecule has 0 atom stereocenters. The molecule has 1 amide bonds. The molecule has 0 saturated heterocycles. The number of fused-ring (bicyclic) bond motifs is 1. The number of nitrogens with one attached hydrogen (secondary N) is 2. The van der Waals surface area contributed by atoms with Crippen LogP contribution in [0, 0.1) is 0 Å². The normalized spacial score (nSPS) is 14.5. The summed E-state index contributed by atoms with van der Waals surface area (Å²) in [5, 5.41) is 5.96. The van der Waals surface area contributed by atoms with Gasteiger partial charge in [-0.15, -0.1) is 0 Å². The molecule has 0 bridgehead atoms. The minimum Gasteiger partial charge on any atom is -0.497 e. The van der Waals surface area contributed by atoms with E-state index in [1.807, 2.05) is 36.4 Å². The third kappa shape index (κ3) is 2.61. The number of anilines is 2. The van der Waals surface area contributed by atoms with E-state index in [1.165, 1.54) is 0 Å². The fourth-order valence-electron chi connectivity index (χ4n) is 2.33. The Morgan fingerprint density at radius 3 is 2.41 bits per heavy atom. The quantitative estimate of drug-likeness (QED) is 0.851. The molecule has 22 heavy (non-hydrogen) atoms. The fraction of sp³-hybridized carbons (Fsp3) is 0.118. The van der Waals surface area contributed by atoms with Crippen LogP contribution in [-0.4, -0.2) is 20.1 Å². The van der Waals surface area contributed by atoms with Gasteiger partial charge in [0.25, 0.3) is 5.91 Å². The Kier molecular flexibility index (Phi) is 3.70. The van der Waals surface area contributed by atoms with Crippen LogP contribution < -0.4 is 20.1 Å². The van der Waals surface area contributed by atoms with Crippen LogP contribution in [0.1, 0.15) is 5.56 Å². The molecule has 5 heteroatoms. The lowest BCUT2D eigenvalue weighted by Crippen LogP contribution is -2.05.